The van der Waals surface area contributed by atoms with E-state index in [1.807, 2.05) is 30.3 Å². The van der Waals surface area contributed by atoms with Crippen LogP contribution >= 0.6 is 0 Å². The van der Waals surface area contributed by atoms with Crippen LogP contribution in [0.15, 0.2) is 36.9 Å². The number of benzene rings is 1. The molecule has 0 radical (unpaired) electrons. The molecule has 0 aromatic heterocycles. The highest BCUT2D eigenvalue weighted by molar-refractivity contribution is 5.72. The van der Waals surface area contributed by atoms with Gasteiger partial charge in [0.15, 0.2) is 0 Å². The number of esters is 1. The normalized spacial score (nSPS) is 16.8. The summed E-state index contributed by atoms with van der Waals surface area (Å²) in [5, 5.41) is 13.5. The zero-order valence-electron chi connectivity index (χ0n) is 15.5. The van der Waals surface area contributed by atoms with Crippen molar-refractivity contribution in [3.8, 4) is 5.75 Å². The highest BCUT2D eigenvalue weighted by Gasteiger charge is 2.26. The Morgan fingerprint density at radius 2 is 2.08 bits per heavy atom. The molecule has 0 saturated carbocycles. The number of likely N-dealkylation sites (tertiary alicyclic amines) is 1. The summed E-state index contributed by atoms with van der Waals surface area (Å²) in [5.74, 6) is 0.613. The van der Waals surface area contributed by atoms with E-state index in [0.717, 1.165) is 44.8 Å². The Balaban J connectivity index is 1.66. The van der Waals surface area contributed by atoms with Gasteiger partial charge in [-0.15, -0.1) is 6.58 Å². The standard InChI is InChI=1S/C20H30N2O4/c1-3-10-21-13-16-4-6-19(7-5-16)26-15-18(23)14-22-11-8-17(9-12-22)20(24)25-2/h3-7,17-18,21,23H,1,8-15H2,2H3/t18-/m0/s1. The molecule has 0 unspecified atom stereocenters. The Kier molecular flexibility index (Phi) is 8.61. The fourth-order valence-corrected chi connectivity index (χ4v) is 3.08. The zero-order chi connectivity index (χ0) is 18.8. The summed E-state index contributed by atoms with van der Waals surface area (Å²) in [5.41, 5.74) is 1.17. The Morgan fingerprint density at radius 3 is 2.69 bits per heavy atom. The molecule has 2 N–H and O–H groups in total. The van der Waals surface area contributed by atoms with Crippen LogP contribution in [0.1, 0.15) is 18.4 Å². The van der Waals surface area contributed by atoms with Gasteiger partial charge in [-0.2, -0.15) is 0 Å². The number of hydrogen-bond acceptors (Lipinski definition) is 6. The number of hydrogen-bond donors (Lipinski definition) is 2. The number of nitrogens with one attached hydrogen (secondary N) is 1. The van der Waals surface area contributed by atoms with Gasteiger partial charge >= 0.3 is 5.97 Å². The van der Waals surface area contributed by atoms with E-state index in [9.17, 15) is 9.90 Å². The van der Waals surface area contributed by atoms with Gasteiger partial charge in [0.1, 0.15) is 18.5 Å². The van der Waals surface area contributed by atoms with Gasteiger partial charge in [-0.3, -0.25) is 4.79 Å². The predicted molar refractivity (Wildman–Crippen MR) is 101 cm³/mol. The van der Waals surface area contributed by atoms with Gasteiger partial charge in [0, 0.05) is 19.6 Å². The second-order valence-electron chi connectivity index (χ2n) is 6.63. The minimum atomic E-state index is -0.557. The topological polar surface area (TPSA) is 71.0 Å². The van der Waals surface area contributed by atoms with Crippen LogP contribution in [0.5, 0.6) is 5.75 Å². The van der Waals surface area contributed by atoms with Crippen molar-refractivity contribution in [2.24, 2.45) is 5.92 Å². The number of rotatable bonds is 10. The molecule has 1 aromatic carbocycles. The maximum atomic E-state index is 11.5. The predicted octanol–water partition coefficient (Wildman–Crippen LogP) is 1.59. The summed E-state index contributed by atoms with van der Waals surface area (Å²) < 4.78 is 10.5. The number of carbonyl (C=O) groups is 1. The molecule has 1 aliphatic heterocycles. The van der Waals surface area contributed by atoms with E-state index in [1.54, 1.807) is 0 Å². The summed E-state index contributed by atoms with van der Waals surface area (Å²) in [6.45, 7) is 7.64. The van der Waals surface area contributed by atoms with Crippen LogP contribution in [0.4, 0.5) is 0 Å². The highest BCUT2D eigenvalue weighted by Crippen LogP contribution is 2.19. The molecule has 26 heavy (non-hydrogen) atoms. The molecule has 0 aliphatic carbocycles. The molecule has 6 nitrogen and oxygen atoms in total. The summed E-state index contributed by atoms with van der Waals surface area (Å²) in [6, 6.07) is 7.85. The van der Waals surface area contributed by atoms with Crippen molar-refractivity contribution >= 4 is 5.97 Å². The second-order valence-corrected chi connectivity index (χ2v) is 6.63. The summed E-state index contributed by atoms with van der Waals surface area (Å²) in [7, 11) is 1.43. The third-order valence-electron chi connectivity index (χ3n) is 4.57. The number of aliphatic hydroxyl groups excluding tert-OH is 1. The SMILES string of the molecule is C=CCNCc1ccc(OC[C@@H](O)CN2CCC(C(=O)OC)CC2)cc1. The minimum Gasteiger partial charge on any atom is -0.491 e. The molecule has 0 spiro atoms. The molecule has 2 rings (SSSR count). The number of carbonyl (C=O) groups excluding carboxylic acids is 1. The first-order valence-corrected chi connectivity index (χ1v) is 9.14. The Labute approximate surface area is 155 Å². The molecule has 0 bridgehead atoms. The average molecular weight is 362 g/mol. The lowest BCUT2D eigenvalue weighted by Crippen LogP contribution is -2.42. The van der Waals surface area contributed by atoms with Crippen molar-refractivity contribution in [2.75, 3.05) is 39.9 Å². The fourth-order valence-electron chi connectivity index (χ4n) is 3.08. The van der Waals surface area contributed by atoms with E-state index >= 15 is 0 Å². The van der Waals surface area contributed by atoms with Crippen LogP contribution in [0.2, 0.25) is 0 Å². The van der Waals surface area contributed by atoms with Crippen LogP contribution in [-0.2, 0) is 16.1 Å². The van der Waals surface area contributed by atoms with Crippen molar-refractivity contribution in [2.45, 2.75) is 25.5 Å². The third kappa shape index (κ3) is 6.78. The van der Waals surface area contributed by atoms with Gasteiger partial charge in [-0.05, 0) is 43.6 Å². The molecule has 1 fully saturated rings. The maximum absolute atomic E-state index is 11.5. The van der Waals surface area contributed by atoms with E-state index in [4.69, 9.17) is 9.47 Å². The van der Waals surface area contributed by atoms with Crippen molar-refractivity contribution < 1.29 is 19.4 Å². The fraction of sp³-hybridized carbons (Fsp3) is 0.550. The van der Waals surface area contributed by atoms with Crippen molar-refractivity contribution in [3.63, 3.8) is 0 Å². The van der Waals surface area contributed by atoms with Crippen LogP contribution in [0.3, 0.4) is 0 Å². The smallest absolute Gasteiger partial charge is 0.308 e. The monoisotopic (exact) mass is 362 g/mol. The molecule has 1 atom stereocenters. The molecule has 6 heteroatoms. The van der Waals surface area contributed by atoms with E-state index < -0.39 is 6.10 Å². The van der Waals surface area contributed by atoms with Gasteiger partial charge in [-0.1, -0.05) is 18.2 Å². The molecule has 1 aromatic rings. The van der Waals surface area contributed by atoms with Crippen LogP contribution in [-0.4, -0.2) is 62.0 Å². The highest BCUT2D eigenvalue weighted by atomic mass is 16.5. The lowest BCUT2D eigenvalue weighted by molar-refractivity contribution is -0.147. The van der Waals surface area contributed by atoms with E-state index in [-0.39, 0.29) is 18.5 Å². The number of aliphatic hydroxyl groups is 1. The van der Waals surface area contributed by atoms with E-state index in [0.29, 0.717) is 6.54 Å². The van der Waals surface area contributed by atoms with Crippen LogP contribution < -0.4 is 10.1 Å². The molecule has 1 saturated heterocycles. The van der Waals surface area contributed by atoms with Gasteiger partial charge < -0.3 is 24.8 Å². The van der Waals surface area contributed by atoms with Gasteiger partial charge in [0.2, 0.25) is 0 Å². The average Bonchev–Trinajstić information content (AvgIpc) is 2.67. The largest absolute Gasteiger partial charge is 0.491 e. The van der Waals surface area contributed by atoms with Gasteiger partial charge in [-0.25, -0.2) is 0 Å². The maximum Gasteiger partial charge on any atom is 0.308 e. The molecule has 0 amide bonds. The zero-order valence-corrected chi connectivity index (χ0v) is 15.5. The molecule has 1 aliphatic rings. The lowest BCUT2D eigenvalue weighted by Gasteiger charge is -2.31. The summed E-state index contributed by atoms with van der Waals surface area (Å²) >= 11 is 0. The van der Waals surface area contributed by atoms with Crippen LogP contribution in [0, 0.1) is 5.92 Å². The number of nitrogens with zero attached hydrogens (tertiary/aromatic N) is 1. The Hall–Kier alpha value is -1.89. The quantitative estimate of drug-likeness (QED) is 0.374. The minimum absolute atomic E-state index is 0.0101. The third-order valence-corrected chi connectivity index (χ3v) is 4.57. The molecule has 144 valence electrons. The first kappa shape index (κ1) is 20.4. The van der Waals surface area contributed by atoms with Crippen LogP contribution in [0.25, 0.3) is 0 Å². The van der Waals surface area contributed by atoms with Gasteiger partial charge in [0.05, 0.1) is 13.0 Å². The first-order valence-electron chi connectivity index (χ1n) is 9.14. The number of ether oxygens (including phenoxy) is 2. The van der Waals surface area contributed by atoms with Crippen molar-refractivity contribution in [1.82, 2.24) is 10.2 Å². The first-order chi connectivity index (χ1) is 12.6. The number of piperidine rings is 1. The van der Waals surface area contributed by atoms with Crippen molar-refractivity contribution in [3.05, 3.63) is 42.5 Å². The summed E-state index contributed by atoms with van der Waals surface area (Å²) in [4.78, 5) is 13.7. The summed E-state index contributed by atoms with van der Waals surface area (Å²) in [6.07, 6.45) is 2.83. The molecular formula is C20H30N2O4. The number of β-amino-alcohol motifs (C(OH)–C–C–N with tert-alkyl or cyclic N) is 1. The van der Waals surface area contributed by atoms with E-state index in [1.165, 1.54) is 12.7 Å². The van der Waals surface area contributed by atoms with E-state index in [2.05, 4.69) is 16.8 Å². The molecule has 1 heterocycles. The Morgan fingerprint density at radius 1 is 1.38 bits per heavy atom. The Bertz CT molecular complexity index is 553. The van der Waals surface area contributed by atoms with Gasteiger partial charge in [0.25, 0.3) is 0 Å². The lowest BCUT2D eigenvalue weighted by atomic mass is 9.97. The number of methoxy groups -OCH3 is 1. The van der Waals surface area contributed by atoms with Crippen molar-refractivity contribution in [1.29, 1.82) is 0 Å². The molecular weight excluding hydrogens is 332 g/mol. The second kappa shape index (κ2) is 11.0.